The topological polar surface area (TPSA) is 29.9 Å². The van der Waals surface area contributed by atoms with Crippen LogP contribution in [0.4, 0.5) is 0 Å². The van der Waals surface area contributed by atoms with Gasteiger partial charge in [0.2, 0.25) is 0 Å². The van der Waals surface area contributed by atoms with Crippen molar-refractivity contribution in [3.05, 3.63) is 52.8 Å². The number of hydrogen-bond donors (Lipinski definition) is 1. The van der Waals surface area contributed by atoms with E-state index in [0.29, 0.717) is 6.04 Å². The van der Waals surface area contributed by atoms with Crippen LogP contribution in [0.25, 0.3) is 0 Å². The van der Waals surface area contributed by atoms with Gasteiger partial charge in [-0.1, -0.05) is 25.1 Å². The summed E-state index contributed by atoms with van der Waals surface area (Å²) < 4.78 is 1.99. The molecule has 2 rings (SSSR count). The molecule has 1 N–H and O–H groups in total. The third-order valence-corrected chi connectivity index (χ3v) is 4.02. The largest absolute Gasteiger partial charge is 0.310 e. The lowest BCUT2D eigenvalue weighted by Gasteiger charge is -2.19. The predicted octanol–water partition coefficient (Wildman–Crippen LogP) is 3.80. The molecule has 0 bridgehead atoms. The number of hydrogen-bond acceptors (Lipinski definition) is 2. The third-order valence-electron chi connectivity index (χ3n) is 4.02. The molecule has 0 saturated heterocycles. The molecule has 1 atom stereocenters. The van der Waals surface area contributed by atoms with Gasteiger partial charge in [-0.3, -0.25) is 4.68 Å². The molecule has 114 valence electrons. The Kier molecular flexibility index (Phi) is 5.57. The fourth-order valence-electron chi connectivity index (χ4n) is 2.53. The molecule has 2 aromatic rings. The molecule has 0 saturated carbocycles. The van der Waals surface area contributed by atoms with Crippen molar-refractivity contribution in [1.82, 2.24) is 15.1 Å². The zero-order valence-electron chi connectivity index (χ0n) is 13.7. The summed E-state index contributed by atoms with van der Waals surface area (Å²) in [5.74, 6) is 0. The Hall–Kier alpha value is -1.61. The summed E-state index contributed by atoms with van der Waals surface area (Å²) in [6.45, 7) is 10.6. The molecule has 0 amide bonds. The molecule has 0 radical (unpaired) electrons. The Bertz CT molecular complexity index is 572. The monoisotopic (exact) mass is 285 g/mol. The molecule has 1 aromatic heterocycles. The van der Waals surface area contributed by atoms with Gasteiger partial charge >= 0.3 is 0 Å². The van der Waals surface area contributed by atoms with Crippen LogP contribution in [0, 0.1) is 13.8 Å². The van der Waals surface area contributed by atoms with Crippen LogP contribution in [0.5, 0.6) is 0 Å². The molecule has 0 spiro atoms. The molecule has 0 aliphatic carbocycles. The van der Waals surface area contributed by atoms with Crippen LogP contribution in [0.2, 0.25) is 0 Å². The van der Waals surface area contributed by atoms with Crippen LogP contribution in [-0.4, -0.2) is 16.3 Å². The van der Waals surface area contributed by atoms with Gasteiger partial charge in [0.05, 0.1) is 6.20 Å². The molecular weight excluding hydrogens is 258 g/mol. The first kappa shape index (κ1) is 15.8. The maximum Gasteiger partial charge on any atom is 0.0522 e. The average molecular weight is 285 g/mol. The van der Waals surface area contributed by atoms with Gasteiger partial charge in [-0.25, -0.2) is 0 Å². The lowest BCUT2D eigenvalue weighted by atomic mass is 9.97. The Morgan fingerprint density at radius 1 is 1.19 bits per heavy atom. The summed E-state index contributed by atoms with van der Waals surface area (Å²) in [6, 6.07) is 7.15. The standard InChI is InChI=1S/C18H27N3/c1-5-9-19-18(11-16-12-20-21(6-2)13-16)17-8-7-14(3)15(4)10-17/h7-8,10,12-13,18-19H,5-6,9,11H2,1-4H3. The predicted molar refractivity (Wildman–Crippen MR) is 88.6 cm³/mol. The van der Waals surface area contributed by atoms with Crippen LogP contribution >= 0.6 is 0 Å². The van der Waals surface area contributed by atoms with Crippen molar-refractivity contribution in [3.63, 3.8) is 0 Å². The highest BCUT2D eigenvalue weighted by atomic mass is 15.3. The van der Waals surface area contributed by atoms with Gasteiger partial charge in [-0.2, -0.15) is 5.10 Å². The first-order valence-corrected chi connectivity index (χ1v) is 7.95. The molecule has 0 aliphatic rings. The van der Waals surface area contributed by atoms with E-state index in [4.69, 9.17) is 0 Å². The quantitative estimate of drug-likeness (QED) is 0.838. The van der Waals surface area contributed by atoms with E-state index in [0.717, 1.165) is 25.9 Å². The Labute approximate surface area is 128 Å². The van der Waals surface area contributed by atoms with E-state index in [1.54, 1.807) is 0 Å². The van der Waals surface area contributed by atoms with E-state index >= 15 is 0 Å². The molecule has 1 aromatic carbocycles. The van der Waals surface area contributed by atoms with Crippen LogP contribution < -0.4 is 5.32 Å². The van der Waals surface area contributed by atoms with Gasteiger partial charge in [-0.05, 0) is 62.4 Å². The second kappa shape index (κ2) is 7.41. The smallest absolute Gasteiger partial charge is 0.0522 e. The third kappa shape index (κ3) is 4.18. The summed E-state index contributed by atoms with van der Waals surface area (Å²) >= 11 is 0. The summed E-state index contributed by atoms with van der Waals surface area (Å²) in [4.78, 5) is 0. The van der Waals surface area contributed by atoms with Crippen molar-refractivity contribution in [2.24, 2.45) is 0 Å². The number of nitrogens with one attached hydrogen (secondary N) is 1. The molecule has 3 heteroatoms. The summed E-state index contributed by atoms with van der Waals surface area (Å²) in [6.07, 6.45) is 6.28. The normalized spacial score (nSPS) is 12.6. The molecule has 3 nitrogen and oxygen atoms in total. The Morgan fingerprint density at radius 2 is 2.00 bits per heavy atom. The van der Waals surface area contributed by atoms with Crippen molar-refractivity contribution in [3.8, 4) is 0 Å². The van der Waals surface area contributed by atoms with E-state index in [2.05, 4.69) is 62.5 Å². The molecule has 1 unspecified atom stereocenters. The first-order chi connectivity index (χ1) is 10.1. The summed E-state index contributed by atoms with van der Waals surface area (Å²) in [5.41, 5.74) is 5.38. The molecule has 21 heavy (non-hydrogen) atoms. The van der Waals surface area contributed by atoms with Crippen molar-refractivity contribution in [1.29, 1.82) is 0 Å². The SMILES string of the molecule is CCCNC(Cc1cnn(CC)c1)c1ccc(C)c(C)c1. The zero-order valence-corrected chi connectivity index (χ0v) is 13.7. The zero-order chi connectivity index (χ0) is 15.2. The second-order valence-electron chi connectivity index (χ2n) is 5.76. The van der Waals surface area contributed by atoms with E-state index < -0.39 is 0 Å². The number of benzene rings is 1. The lowest BCUT2D eigenvalue weighted by molar-refractivity contribution is 0.528. The molecule has 0 fully saturated rings. The molecule has 1 heterocycles. The highest BCUT2D eigenvalue weighted by Crippen LogP contribution is 2.21. The maximum absolute atomic E-state index is 4.38. The fourth-order valence-corrected chi connectivity index (χ4v) is 2.53. The lowest BCUT2D eigenvalue weighted by Crippen LogP contribution is -2.24. The first-order valence-electron chi connectivity index (χ1n) is 7.95. The van der Waals surface area contributed by atoms with E-state index in [9.17, 15) is 0 Å². The van der Waals surface area contributed by atoms with Gasteiger partial charge < -0.3 is 5.32 Å². The number of aromatic nitrogens is 2. The number of rotatable bonds is 7. The van der Waals surface area contributed by atoms with Gasteiger partial charge in [-0.15, -0.1) is 0 Å². The molecular formula is C18H27N3. The Balaban J connectivity index is 2.18. The van der Waals surface area contributed by atoms with Crippen LogP contribution in [-0.2, 0) is 13.0 Å². The fraction of sp³-hybridized carbons (Fsp3) is 0.500. The van der Waals surface area contributed by atoms with Gasteiger partial charge in [0, 0.05) is 18.8 Å². The Morgan fingerprint density at radius 3 is 2.62 bits per heavy atom. The van der Waals surface area contributed by atoms with Gasteiger partial charge in [0.25, 0.3) is 0 Å². The van der Waals surface area contributed by atoms with E-state index in [1.807, 2.05) is 10.9 Å². The minimum Gasteiger partial charge on any atom is -0.310 e. The second-order valence-corrected chi connectivity index (χ2v) is 5.76. The van der Waals surface area contributed by atoms with Crippen molar-refractivity contribution < 1.29 is 0 Å². The van der Waals surface area contributed by atoms with Crippen LogP contribution in [0.15, 0.2) is 30.6 Å². The highest BCUT2D eigenvalue weighted by molar-refractivity contribution is 5.32. The van der Waals surface area contributed by atoms with E-state index in [-0.39, 0.29) is 0 Å². The van der Waals surface area contributed by atoms with Crippen molar-refractivity contribution >= 4 is 0 Å². The van der Waals surface area contributed by atoms with Crippen molar-refractivity contribution in [2.45, 2.75) is 53.1 Å². The minimum absolute atomic E-state index is 0.360. The average Bonchev–Trinajstić information content (AvgIpc) is 2.94. The van der Waals surface area contributed by atoms with E-state index in [1.165, 1.54) is 22.3 Å². The number of nitrogens with zero attached hydrogens (tertiary/aromatic N) is 2. The summed E-state index contributed by atoms with van der Waals surface area (Å²) in [5, 5.41) is 8.05. The van der Waals surface area contributed by atoms with Crippen LogP contribution in [0.1, 0.15) is 48.6 Å². The highest BCUT2D eigenvalue weighted by Gasteiger charge is 2.13. The van der Waals surface area contributed by atoms with Gasteiger partial charge in [0.1, 0.15) is 0 Å². The summed E-state index contributed by atoms with van der Waals surface area (Å²) in [7, 11) is 0. The minimum atomic E-state index is 0.360. The van der Waals surface area contributed by atoms with Crippen molar-refractivity contribution in [2.75, 3.05) is 6.54 Å². The number of aryl methyl sites for hydroxylation is 3. The maximum atomic E-state index is 4.38. The van der Waals surface area contributed by atoms with Crippen LogP contribution in [0.3, 0.4) is 0 Å². The molecule has 0 aliphatic heterocycles. The van der Waals surface area contributed by atoms with Gasteiger partial charge in [0.15, 0.2) is 0 Å².